The second-order valence-corrected chi connectivity index (χ2v) is 9.59. The smallest absolute Gasteiger partial charge is 0.251 e. The first-order chi connectivity index (χ1) is 17.9. The number of carbonyl (C=O) groups is 1. The van der Waals surface area contributed by atoms with Crippen molar-refractivity contribution in [3.8, 4) is 0 Å². The molecule has 0 aliphatic carbocycles. The predicted molar refractivity (Wildman–Crippen MR) is 145 cm³/mol. The van der Waals surface area contributed by atoms with Crippen LogP contribution in [0.1, 0.15) is 65.7 Å². The molecule has 0 aromatic heterocycles. The first-order valence-corrected chi connectivity index (χ1v) is 13.2. The molecule has 0 radical (unpaired) electrons. The number of aliphatic hydroxyl groups is 1. The van der Waals surface area contributed by atoms with Gasteiger partial charge in [-0.25, -0.2) is 8.78 Å². The lowest BCUT2D eigenvalue weighted by atomic mass is 9.99. The molecule has 0 fully saturated rings. The van der Waals surface area contributed by atoms with Crippen LogP contribution in [-0.2, 0) is 25.8 Å². The van der Waals surface area contributed by atoms with Gasteiger partial charge in [0.1, 0.15) is 11.6 Å². The van der Waals surface area contributed by atoms with E-state index in [-0.39, 0.29) is 18.9 Å². The number of unbranched alkanes of at least 4 members (excludes halogenated alkanes) is 2. The van der Waals surface area contributed by atoms with Gasteiger partial charge in [0, 0.05) is 24.7 Å². The Balaban J connectivity index is 1.70. The topological polar surface area (TPSA) is 61.4 Å². The van der Waals surface area contributed by atoms with E-state index in [1.54, 1.807) is 6.07 Å². The number of rotatable bonds is 14. The average molecular weight is 509 g/mol. The van der Waals surface area contributed by atoms with Gasteiger partial charge in [0.25, 0.3) is 5.91 Å². The van der Waals surface area contributed by atoms with E-state index in [4.69, 9.17) is 0 Å². The van der Waals surface area contributed by atoms with Crippen LogP contribution in [-0.4, -0.2) is 29.7 Å². The van der Waals surface area contributed by atoms with Gasteiger partial charge in [-0.1, -0.05) is 63.1 Å². The molecule has 0 aliphatic rings. The Morgan fingerprint density at radius 1 is 0.865 bits per heavy atom. The largest absolute Gasteiger partial charge is 0.390 e. The van der Waals surface area contributed by atoms with Crippen molar-refractivity contribution in [1.29, 1.82) is 0 Å². The Kier molecular flexibility index (Phi) is 11.2. The minimum absolute atomic E-state index is 0.0881. The number of aliphatic hydroxyl groups excluding tert-OH is 1. The van der Waals surface area contributed by atoms with Gasteiger partial charge < -0.3 is 15.7 Å². The summed E-state index contributed by atoms with van der Waals surface area (Å²) in [5, 5.41) is 17.2. The molecule has 3 rings (SSSR count). The van der Waals surface area contributed by atoms with Crippen LogP contribution in [0.25, 0.3) is 0 Å². The average Bonchev–Trinajstić information content (AvgIpc) is 2.88. The van der Waals surface area contributed by atoms with Gasteiger partial charge in [-0.15, -0.1) is 0 Å². The summed E-state index contributed by atoms with van der Waals surface area (Å²) >= 11 is 0. The van der Waals surface area contributed by atoms with Gasteiger partial charge in [-0.2, -0.15) is 0 Å². The zero-order chi connectivity index (χ0) is 26.6. The number of carbonyl (C=O) groups excluding carboxylic acids is 1. The lowest BCUT2D eigenvalue weighted by molar-refractivity contribution is 0.0829. The summed E-state index contributed by atoms with van der Waals surface area (Å²) in [6.07, 6.45) is 4.26. The number of halogens is 2. The van der Waals surface area contributed by atoms with Gasteiger partial charge in [0.05, 0.1) is 12.1 Å². The highest BCUT2D eigenvalue weighted by atomic mass is 19.1. The van der Waals surface area contributed by atoms with Crippen molar-refractivity contribution >= 4 is 5.91 Å². The predicted octanol–water partition coefficient (Wildman–Crippen LogP) is 5.75. The maximum Gasteiger partial charge on any atom is 0.251 e. The van der Waals surface area contributed by atoms with Crippen LogP contribution >= 0.6 is 0 Å². The highest BCUT2D eigenvalue weighted by molar-refractivity contribution is 5.94. The van der Waals surface area contributed by atoms with Gasteiger partial charge in [-0.05, 0) is 72.2 Å². The minimum Gasteiger partial charge on any atom is -0.390 e. The Morgan fingerprint density at radius 3 is 2.30 bits per heavy atom. The molecule has 3 aromatic carbocycles. The standard InChI is InChI=1S/C31H38F2N2O2/c1-3-5-6-9-23-11-8-13-26(15-23)31(37)35-29(18-25-16-27(32)19-28(33)17-25)30(36)21-34-20-24-12-7-10-22(4-2)14-24/h7-8,10-17,19,29-30,34,36H,3-6,9,18,20-21H2,1-2H3,(H,35,37). The fraction of sp³-hybridized carbons (Fsp3) is 0.387. The minimum atomic E-state index is -0.975. The number of amides is 1. The van der Waals surface area contributed by atoms with E-state index in [9.17, 15) is 18.7 Å². The van der Waals surface area contributed by atoms with Crippen LogP contribution in [0, 0.1) is 11.6 Å². The molecule has 0 spiro atoms. The summed E-state index contributed by atoms with van der Waals surface area (Å²) in [6, 6.07) is 18.2. The lowest BCUT2D eigenvalue weighted by Gasteiger charge is -2.25. The van der Waals surface area contributed by atoms with Crippen LogP contribution in [0.4, 0.5) is 8.78 Å². The summed E-state index contributed by atoms with van der Waals surface area (Å²) in [5.41, 5.74) is 4.28. The van der Waals surface area contributed by atoms with Crippen molar-refractivity contribution in [3.63, 3.8) is 0 Å². The molecule has 2 atom stereocenters. The molecule has 3 N–H and O–H groups in total. The lowest BCUT2D eigenvalue weighted by Crippen LogP contribution is -2.48. The van der Waals surface area contributed by atoms with Gasteiger partial charge in [0.2, 0.25) is 0 Å². The SMILES string of the molecule is CCCCCc1cccc(C(=O)NC(Cc2cc(F)cc(F)c2)C(O)CNCc2cccc(CC)c2)c1. The fourth-order valence-corrected chi connectivity index (χ4v) is 4.43. The van der Waals surface area contributed by atoms with Crippen molar-refractivity contribution in [2.24, 2.45) is 0 Å². The quantitative estimate of drug-likeness (QED) is 0.243. The third-order valence-electron chi connectivity index (χ3n) is 6.50. The second-order valence-electron chi connectivity index (χ2n) is 9.59. The highest BCUT2D eigenvalue weighted by Gasteiger charge is 2.23. The third-order valence-corrected chi connectivity index (χ3v) is 6.50. The first-order valence-electron chi connectivity index (χ1n) is 13.2. The molecule has 0 saturated heterocycles. The molecular weight excluding hydrogens is 470 g/mol. The molecule has 37 heavy (non-hydrogen) atoms. The van der Waals surface area contributed by atoms with Crippen LogP contribution < -0.4 is 10.6 Å². The number of nitrogens with one attached hydrogen (secondary N) is 2. The molecule has 2 unspecified atom stereocenters. The molecule has 0 aliphatic heterocycles. The third kappa shape index (κ3) is 9.38. The molecular formula is C31H38F2N2O2. The second kappa shape index (κ2) is 14.6. The molecule has 3 aromatic rings. The molecule has 1 amide bonds. The van der Waals surface area contributed by atoms with Crippen LogP contribution in [0.15, 0.2) is 66.7 Å². The maximum absolute atomic E-state index is 13.8. The van der Waals surface area contributed by atoms with Crippen molar-refractivity contribution in [3.05, 3.63) is 106 Å². The highest BCUT2D eigenvalue weighted by Crippen LogP contribution is 2.14. The molecule has 4 nitrogen and oxygen atoms in total. The number of aryl methyl sites for hydroxylation is 2. The van der Waals surface area contributed by atoms with E-state index in [2.05, 4.69) is 36.6 Å². The van der Waals surface area contributed by atoms with Crippen LogP contribution in [0.5, 0.6) is 0 Å². The van der Waals surface area contributed by atoms with Gasteiger partial charge in [-0.3, -0.25) is 4.79 Å². The summed E-state index contributed by atoms with van der Waals surface area (Å²) in [5.74, 6) is -1.71. The Labute approximate surface area is 219 Å². The Morgan fingerprint density at radius 2 is 1.57 bits per heavy atom. The zero-order valence-electron chi connectivity index (χ0n) is 21.8. The zero-order valence-corrected chi connectivity index (χ0v) is 21.8. The van der Waals surface area contributed by atoms with Gasteiger partial charge >= 0.3 is 0 Å². The van der Waals surface area contributed by atoms with E-state index in [1.807, 2.05) is 30.3 Å². The van der Waals surface area contributed by atoms with E-state index in [1.165, 1.54) is 17.7 Å². The summed E-state index contributed by atoms with van der Waals surface area (Å²) in [4.78, 5) is 13.1. The summed E-state index contributed by atoms with van der Waals surface area (Å²) < 4.78 is 27.7. The Hall–Kier alpha value is -3.09. The molecule has 198 valence electrons. The molecule has 6 heteroatoms. The first kappa shape index (κ1) is 28.5. The molecule has 0 saturated carbocycles. The van der Waals surface area contributed by atoms with Crippen LogP contribution in [0.2, 0.25) is 0 Å². The van der Waals surface area contributed by atoms with E-state index in [0.29, 0.717) is 17.7 Å². The van der Waals surface area contributed by atoms with Crippen LogP contribution in [0.3, 0.4) is 0 Å². The number of benzene rings is 3. The molecule has 0 heterocycles. The summed E-state index contributed by atoms with van der Waals surface area (Å²) in [6.45, 7) is 5.01. The van der Waals surface area contributed by atoms with Crippen molar-refractivity contribution in [1.82, 2.24) is 10.6 Å². The van der Waals surface area contributed by atoms with Crippen molar-refractivity contribution < 1.29 is 18.7 Å². The normalized spacial score (nSPS) is 12.8. The number of hydrogen-bond acceptors (Lipinski definition) is 3. The van der Waals surface area contributed by atoms with E-state index < -0.39 is 23.8 Å². The number of hydrogen-bond donors (Lipinski definition) is 3. The fourth-order valence-electron chi connectivity index (χ4n) is 4.43. The van der Waals surface area contributed by atoms with Crippen molar-refractivity contribution in [2.75, 3.05) is 6.54 Å². The van der Waals surface area contributed by atoms with Crippen molar-refractivity contribution in [2.45, 2.75) is 71.1 Å². The summed E-state index contributed by atoms with van der Waals surface area (Å²) in [7, 11) is 0. The van der Waals surface area contributed by atoms with E-state index in [0.717, 1.165) is 49.3 Å². The van der Waals surface area contributed by atoms with Gasteiger partial charge in [0.15, 0.2) is 0 Å². The monoisotopic (exact) mass is 508 g/mol. The maximum atomic E-state index is 13.8. The molecule has 0 bridgehead atoms. The van der Waals surface area contributed by atoms with E-state index >= 15 is 0 Å². The Bertz CT molecular complexity index is 1130.